The maximum absolute atomic E-state index is 13.1. The smallest absolute Gasteiger partial charge is 0.325 e. The van der Waals surface area contributed by atoms with E-state index in [-0.39, 0.29) is 12.3 Å². The van der Waals surface area contributed by atoms with Gasteiger partial charge in [-0.2, -0.15) is 5.26 Å². The molecule has 1 saturated heterocycles. The van der Waals surface area contributed by atoms with Gasteiger partial charge >= 0.3 is 6.03 Å². The molecule has 1 atom stereocenters. The van der Waals surface area contributed by atoms with Crippen LogP contribution in [0.1, 0.15) is 29.4 Å². The number of carbonyl (C=O) groups excluding carboxylic acids is 3. The first-order valence-electron chi connectivity index (χ1n) is 9.49. The second-order valence-corrected chi connectivity index (χ2v) is 7.25. The van der Waals surface area contributed by atoms with Crippen molar-refractivity contribution in [2.24, 2.45) is 0 Å². The molecular formula is C22H19N5O3. The number of para-hydroxylation sites is 1. The number of amides is 3. The number of pyridine rings is 1. The summed E-state index contributed by atoms with van der Waals surface area (Å²) in [6, 6.07) is 13.9. The van der Waals surface area contributed by atoms with Crippen LogP contribution in [0.4, 0.5) is 4.79 Å². The fraction of sp³-hybridized carbons (Fsp3) is 0.227. The molecule has 30 heavy (non-hydrogen) atoms. The summed E-state index contributed by atoms with van der Waals surface area (Å²) in [5.74, 6) is -0.872. The third-order valence-corrected chi connectivity index (χ3v) is 5.31. The number of Topliss-reactive ketones (excluding diaryl/α,β-unsaturated/α-hetero) is 1. The Balaban J connectivity index is 1.63. The molecule has 8 nitrogen and oxygen atoms in total. The molecule has 1 aromatic carbocycles. The van der Waals surface area contributed by atoms with E-state index in [0.29, 0.717) is 24.2 Å². The Labute approximate surface area is 172 Å². The molecule has 2 aromatic heterocycles. The zero-order valence-electron chi connectivity index (χ0n) is 16.3. The SMILES string of the molecule is CC1(c2ccccn2)NC(=O)N(CC(=O)c2cn(CCC#N)c3ccccc23)C1=O. The number of nitriles is 1. The first-order valence-corrected chi connectivity index (χ1v) is 9.49. The lowest BCUT2D eigenvalue weighted by Crippen LogP contribution is -2.42. The lowest BCUT2D eigenvalue weighted by Gasteiger charge is -2.20. The number of rotatable bonds is 6. The Hall–Kier alpha value is -3.99. The molecule has 3 heterocycles. The molecule has 1 unspecified atom stereocenters. The van der Waals surface area contributed by atoms with E-state index in [4.69, 9.17) is 5.26 Å². The van der Waals surface area contributed by atoms with E-state index in [9.17, 15) is 14.4 Å². The van der Waals surface area contributed by atoms with Crippen LogP contribution in [0.25, 0.3) is 10.9 Å². The minimum absolute atomic E-state index is 0.307. The van der Waals surface area contributed by atoms with Gasteiger partial charge in [-0.15, -0.1) is 0 Å². The summed E-state index contributed by atoms with van der Waals surface area (Å²) in [7, 11) is 0. The second kappa shape index (κ2) is 7.44. The van der Waals surface area contributed by atoms with Gasteiger partial charge in [0.25, 0.3) is 5.91 Å². The molecule has 3 amide bonds. The van der Waals surface area contributed by atoms with Crippen LogP contribution in [0, 0.1) is 11.3 Å². The van der Waals surface area contributed by atoms with Crippen LogP contribution in [0.3, 0.4) is 0 Å². The monoisotopic (exact) mass is 401 g/mol. The van der Waals surface area contributed by atoms with Gasteiger partial charge in [0, 0.05) is 35.4 Å². The van der Waals surface area contributed by atoms with Crippen molar-refractivity contribution >= 4 is 28.6 Å². The average molecular weight is 401 g/mol. The number of hydrogen-bond acceptors (Lipinski definition) is 5. The highest BCUT2D eigenvalue weighted by Crippen LogP contribution is 2.28. The van der Waals surface area contributed by atoms with Crippen molar-refractivity contribution < 1.29 is 14.4 Å². The largest absolute Gasteiger partial charge is 0.346 e. The topological polar surface area (TPSA) is 108 Å². The fourth-order valence-corrected chi connectivity index (χ4v) is 3.73. The van der Waals surface area contributed by atoms with Crippen molar-refractivity contribution in [2.45, 2.75) is 25.4 Å². The molecule has 150 valence electrons. The summed E-state index contributed by atoms with van der Waals surface area (Å²) >= 11 is 0. The van der Waals surface area contributed by atoms with Crippen LogP contribution in [0.2, 0.25) is 0 Å². The number of carbonyl (C=O) groups is 3. The Morgan fingerprint density at radius 2 is 1.97 bits per heavy atom. The summed E-state index contributed by atoms with van der Waals surface area (Å²) in [6.45, 7) is 1.65. The summed E-state index contributed by atoms with van der Waals surface area (Å²) in [4.78, 5) is 43.7. The second-order valence-electron chi connectivity index (χ2n) is 7.25. The normalized spacial score (nSPS) is 18.5. The number of benzene rings is 1. The first kappa shape index (κ1) is 19.3. The number of aromatic nitrogens is 2. The van der Waals surface area contributed by atoms with Crippen LogP contribution in [-0.4, -0.2) is 38.7 Å². The molecular weight excluding hydrogens is 382 g/mol. The van der Waals surface area contributed by atoms with Gasteiger partial charge in [0.1, 0.15) is 0 Å². The Kier molecular flexibility index (Phi) is 4.80. The lowest BCUT2D eigenvalue weighted by molar-refractivity contribution is -0.130. The maximum Gasteiger partial charge on any atom is 0.325 e. The zero-order chi connectivity index (χ0) is 21.3. The summed E-state index contributed by atoms with van der Waals surface area (Å²) < 4.78 is 1.84. The molecule has 0 radical (unpaired) electrons. The molecule has 4 rings (SSSR count). The van der Waals surface area contributed by atoms with Gasteiger partial charge in [-0.1, -0.05) is 24.3 Å². The number of nitrogens with zero attached hydrogens (tertiary/aromatic N) is 4. The fourth-order valence-electron chi connectivity index (χ4n) is 3.73. The van der Waals surface area contributed by atoms with Gasteiger partial charge in [0.05, 0.1) is 24.7 Å². The highest BCUT2D eigenvalue weighted by atomic mass is 16.2. The predicted molar refractivity (Wildman–Crippen MR) is 108 cm³/mol. The molecule has 0 bridgehead atoms. The maximum atomic E-state index is 13.1. The van der Waals surface area contributed by atoms with Gasteiger partial charge in [0.15, 0.2) is 11.3 Å². The molecule has 1 aliphatic rings. The Morgan fingerprint density at radius 1 is 1.20 bits per heavy atom. The lowest BCUT2D eigenvalue weighted by atomic mass is 9.97. The van der Waals surface area contributed by atoms with E-state index in [1.54, 1.807) is 37.5 Å². The van der Waals surface area contributed by atoms with Gasteiger partial charge in [0.2, 0.25) is 0 Å². The molecule has 3 aromatic rings. The van der Waals surface area contributed by atoms with Crippen LogP contribution < -0.4 is 5.32 Å². The molecule has 1 aliphatic heterocycles. The van der Waals surface area contributed by atoms with E-state index in [1.165, 1.54) is 0 Å². The number of ketones is 1. The standard InChI is InChI=1S/C22H19N5O3/c1-22(19-9-4-5-11-24-19)20(29)27(21(30)25-22)14-18(28)16-13-26(12-6-10-23)17-8-3-2-7-15(16)17/h2-5,7-9,11,13H,6,12,14H2,1H3,(H,25,30). The van der Waals surface area contributed by atoms with E-state index >= 15 is 0 Å². The van der Waals surface area contributed by atoms with Crippen molar-refractivity contribution in [1.29, 1.82) is 5.26 Å². The van der Waals surface area contributed by atoms with E-state index in [2.05, 4.69) is 16.4 Å². The van der Waals surface area contributed by atoms with Gasteiger partial charge in [-0.25, -0.2) is 4.79 Å². The predicted octanol–water partition coefficient (Wildman–Crippen LogP) is 2.60. The molecule has 8 heteroatoms. The van der Waals surface area contributed by atoms with Crippen molar-refractivity contribution in [3.05, 3.63) is 66.1 Å². The van der Waals surface area contributed by atoms with E-state index < -0.39 is 17.5 Å². The van der Waals surface area contributed by atoms with Crippen LogP contribution >= 0.6 is 0 Å². The van der Waals surface area contributed by atoms with Crippen molar-refractivity contribution in [1.82, 2.24) is 19.8 Å². The van der Waals surface area contributed by atoms with Crippen molar-refractivity contribution in [3.63, 3.8) is 0 Å². The molecule has 0 aliphatic carbocycles. The van der Waals surface area contributed by atoms with Crippen molar-refractivity contribution in [3.8, 4) is 6.07 Å². The molecule has 0 spiro atoms. The minimum Gasteiger partial charge on any atom is -0.346 e. The highest BCUT2D eigenvalue weighted by Gasteiger charge is 2.50. The van der Waals surface area contributed by atoms with Gasteiger partial charge in [-0.3, -0.25) is 19.5 Å². The quantitative estimate of drug-likeness (QED) is 0.504. The number of nitrogens with one attached hydrogen (secondary N) is 1. The Morgan fingerprint density at radius 3 is 2.70 bits per heavy atom. The van der Waals surface area contributed by atoms with Crippen molar-refractivity contribution in [2.75, 3.05) is 6.54 Å². The van der Waals surface area contributed by atoms with E-state index in [1.807, 2.05) is 28.8 Å². The first-order chi connectivity index (χ1) is 14.5. The van der Waals surface area contributed by atoms with E-state index in [0.717, 1.165) is 15.8 Å². The highest BCUT2D eigenvalue weighted by molar-refractivity contribution is 6.14. The number of imide groups is 1. The van der Waals surface area contributed by atoms with Crippen LogP contribution in [0.5, 0.6) is 0 Å². The molecule has 1 fully saturated rings. The molecule has 1 N–H and O–H groups in total. The van der Waals surface area contributed by atoms with Gasteiger partial charge in [-0.05, 0) is 25.1 Å². The third kappa shape index (κ3) is 3.10. The van der Waals surface area contributed by atoms with Crippen LogP contribution in [-0.2, 0) is 16.9 Å². The average Bonchev–Trinajstić information content (AvgIpc) is 3.24. The number of fused-ring (bicyclic) bond motifs is 1. The molecule has 0 saturated carbocycles. The summed E-state index contributed by atoms with van der Waals surface area (Å²) in [6.07, 6.45) is 3.53. The third-order valence-electron chi connectivity index (χ3n) is 5.31. The summed E-state index contributed by atoms with van der Waals surface area (Å²) in [5, 5.41) is 12.3. The summed E-state index contributed by atoms with van der Waals surface area (Å²) in [5.41, 5.74) is 0.327. The zero-order valence-corrected chi connectivity index (χ0v) is 16.3. The van der Waals surface area contributed by atoms with Gasteiger partial charge < -0.3 is 9.88 Å². The minimum atomic E-state index is -1.32. The number of aryl methyl sites for hydroxylation is 1. The Bertz CT molecular complexity index is 1190. The van der Waals surface area contributed by atoms with Crippen LogP contribution in [0.15, 0.2) is 54.9 Å². The number of urea groups is 1. The number of hydrogen-bond donors (Lipinski definition) is 1.